The molecule has 8 heteroatoms. The Hall–Kier alpha value is -1.96. The summed E-state index contributed by atoms with van der Waals surface area (Å²) in [5.41, 5.74) is -0.0104. The molecule has 1 aliphatic carbocycles. The molecule has 1 N–H and O–H groups in total. The van der Waals surface area contributed by atoms with Crippen molar-refractivity contribution in [2.24, 2.45) is 0 Å². The first-order valence-electron chi connectivity index (χ1n) is 9.69. The molecule has 1 heterocycles. The topological polar surface area (TPSA) is 98.2 Å². The van der Waals surface area contributed by atoms with Crippen molar-refractivity contribution in [1.82, 2.24) is 15.3 Å². The minimum atomic E-state index is -3.25. The maximum atomic E-state index is 12.7. The summed E-state index contributed by atoms with van der Waals surface area (Å²) in [5.74, 6) is 0.514. The number of hydrogen-bond donors (Lipinski definition) is 1. The van der Waals surface area contributed by atoms with E-state index in [2.05, 4.69) is 15.3 Å². The van der Waals surface area contributed by atoms with Gasteiger partial charge in [-0.2, -0.15) is 4.98 Å². The Morgan fingerprint density at radius 1 is 1.29 bits per heavy atom. The Kier molecular flexibility index (Phi) is 7.20. The van der Waals surface area contributed by atoms with Crippen LogP contribution in [0.5, 0.6) is 5.88 Å². The van der Waals surface area contributed by atoms with E-state index in [0.717, 1.165) is 37.3 Å². The van der Waals surface area contributed by atoms with Crippen LogP contribution in [0.15, 0.2) is 17.7 Å². The van der Waals surface area contributed by atoms with E-state index >= 15 is 0 Å². The number of hydrogen-bond acceptors (Lipinski definition) is 6. The Labute approximate surface area is 167 Å². The highest BCUT2D eigenvalue weighted by Gasteiger charge is 2.25. The van der Waals surface area contributed by atoms with Crippen molar-refractivity contribution in [3.05, 3.63) is 29.1 Å². The molecule has 0 spiro atoms. The number of carbonyl (C=O) groups excluding carboxylic acids is 1. The van der Waals surface area contributed by atoms with Crippen LogP contribution in [-0.4, -0.2) is 42.7 Å². The molecule has 0 aromatic carbocycles. The van der Waals surface area contributed by atoms with Crippen molar-refractivity contribution in [1.29, 1.82) is 0 Å². The minimum Gasteiger partial charge on any atom is -0.474 e. The average molecular weight is 410 g/mol. The summed E-state index contributed by atoms with van der Waals surface area (Å²) in [7, 11) is -3.25. The number of aromatic nitrogens is 2. The lowest BCUT2D eigenvalue weighted by atomic mass is 9.95. The van der Waals surface area contributed by atoms with Gasteiger partial charge in [0, 0.05) is 29.3 Å². The van der Waals surface area contributed by atoms with Crippen molar-refractivity contribution in [2.45, 2.75) is 77.4 Å². The van der Waals surface area contributed by atoms with Crippen LogP contribution >= 0.6 is 0 Å². The van der Waals surface area contributed by atoms with Crippen molar-refractivity contribution >= 4 is 15.7 Å². The lowest BCUT2D eigenvalue weighted by Gasteiger charge is -2.25. The Morgan fingerprint density at radius 2 is 1.93 bits per heavy atom. The first-order valence-corrected chi connectivity index (χ1v) is 11.6. The van der Waals surface area contributed by atoms with Crippen LogP contribution in [0.4, 0.5) is 0 Å². The van der Waals surface area contributed by atoms with E-state index in [1.54, 1.807) is 6.92 Å². The molecule has 156 valence electrons. The summed E-state index contributed by atoms with van der Waals surface area (Å²) in [6.07, 6.45) is 9.39. The van der Waals surface area contributed by atoms with E-state index in [0.29, 0.717) is 11.7 Å². The van der Waals surface area contributed by atoms with Crippen LogP contribution in [0.3, 0.4) is 0 Å². The van der Waals surface area contributed by atoms with Crippen molar-refractivity contribution < 1.29 is 17.9 Å². The van der Waals surface area contributed by atoms with Gasteiger partial charge in [0.05, 0.1) is 0 Å². The van der Waals surface area contributed by atoms with Gasteiger partial charge in [0.1, 0.15) is 17.5 Å². The van der Waals surface area contributed by atoms with Gasteiger partial charge in [-0.05, 0) is 32.6 Å². The molecular weight excluding hydrogens is 378 g/mol. The summed E-state index contributed by atoms with van der Waals surface area (Å²) in [6.45, 7) is 7.71. The van der Waals surface area contributed by atoms with Crippen LogP contribution < -0.4 is 10.1 Å². The number of sulfone groups is 1. The number of rotatable bonds is 6. The van der Waals surface area contributed by atoms with Crippen LogP contribution in [0, 0.1) is 0 Å². The van der Waals surface area contributed by atoms with Gasteiger partial charge in [-0.25, -0.2) is 13.4 Å². The zero-order valence-electron chi connectivity index (χ0n) is 17.4. The minimum absolute atomic E-state index is 0.0468. The predicted molar refractivity (Wildman–Crippen MR) is 109 cm³/mol. The fourth-order valence-corrected chi connectivity index (χ4v) is 3.43. The Bertz CT molecular complexity index is 822. The van der Waals surface area contributed by atoms with Crippen LogP contribution in [-0.2, 0) is 15.3 Å². The molecule has 1 fully saturated rings. The number of amides is 1. The van der Waals surface area contributed by atoms with Crippen molar-refractivity contribution in [3.8, 4) is 5.88 Å². The van der Waals surface area contributed by atoms with Gasteiger partial charge < -0.3 is 10.1 Å². The SMILES string of the molecule is CC(/C=C/S(C)(=O)=O)NC(=O)c1cnc(C(C)(C)C)nc1OC1CCCCC1. The highest BCUT2D eigenvalue weighted by Crippen LogP contribution is 2.27. The molecule has 28 heavy (non-hydrogen) atoms. The lowest BCUT2D eigenvalue weighted by Crippen LogP contribution is -2.33. The third-order valence-corrected chi connectivity index (χ3v) is 5.12. The normalized spacial score (nSPS) is 17.5. The zero-order chi connectivity index (χ0) is 20.9. The van der Waals surface area contributed by atoms with Crippen molar-refractivity contribution in [2.75, 3.05) is 6.26 Å². The average Bonchev–Trinajstić information content (AvgIpc) is 2.59. The molecule has 2 rings (SSSR count). The predicted octanol–water partition coefficient (Wildman–Crippen LogP) is 3.16. The molecule has 1 atom stereocenters. The highest BCUT2D eigenvalue weighted by molar-refractivity contribution is 7.93. The molecule has 7 nitrogen and oxygen atoms in total. The van der Waals surface area contributed by atoms with Gasteiger partial charge in [-0.3, -0.25) is 4.79 Å². The second-order valence-electron chi connectivity index (χ2n) is 8.46. The van der Waals surface area contributed by atoms with E-state index < -0.39 is 21.8 Å². The first kappa shape index (κ1) is 22.3. The number of nitrogens with one attached hydrogen (secondary N) is 1. The van der Waals surface area contributed by atoms with Gasteiger partial charge in [-0.15, -0.1) is 0 Å². The molecule has 0 aliphatic heterocycles. The highest BCUT2D eigenvalue weighted by atomic mass is 32.2. The third-order valence-electron chi connectivity index (χ3n) is 4.47. The molecule has 0 radical (unpaired) electrons. The molecule has 0 saturated heterocycles. The van der Waals surface area contributed by atoms with E-state index in [4.69, 9.17) is 4.74 Å². The van der Waals surface area contributed by atoms with E-state index in [-0.39, 0.29) is 17.1 Å². The fraction of sp³-hybridized carbons (Fsp3) is 0.650. The molecule has 1 amide bonds. The van der Waals surface area contributed by atoms with Gasteiger partial charge in [0.25, 0.3) is 5.91 Å². The summed E-state index contributed by atoms with van der Waals surface area (Å²) in [5, 5.41) is 3.83. The second-order valence-corrected chi connectivity index (χ2v) is 10.4. The van der Waals surface area contributed by atoms with Gasteiger partial charge in [0.2, 0.25) is 5.88 Å². The Balaban J connectivity index is 2.25. The molecule has 0 bridgehead atoms. The third kappa shape index (κ3) is 6.89. The molecule has 1 unspecified atom stereocenters. The molecule has 1 aromatic rings. The standard InChI is InChI=1S/C20H31N3O4S/c1-14(11-12-28(5,25)26)22-17(24)16-13-21-19(20(2,3)4)23-18(16)27-15-9-7-6-8-10-15/h11-15H,6-10H2,1-5H3,(H,22,24)/b12-11+. The largest absolute Gasteiger partial charge is 0.474 e. The smallest absolute Gasteiger partial charge is 0.258 e. The first-order chi connectivity index (χ1) is 13.0. The van der Waals surface area contributed by atoms with Crippen LogP contribution in [0.2, 0.25) is 0 Å². The number of ether oxygens (including phenoxy) is 1. The zero-order valence-corrected chi connectivity index (χ0v) is 18.2. The maximum absolute atomic E-state index is 12.7. The number of nitrogens with zero attached hydrogens (tertiary/aromatic N) is 2. The Morgan fingerprint density at radius 3 is 2.50 bits per heavy atom. The molecular formula is C20H31N3O4S. The van der Waals surface area contributed by atoms with Gasteiger partial charge in [0.15, 0.2) is 9.84 Å². The summed E-state index contributed by atoms with van der Waals surface area (Å²) >= 11 is 0. The fourth-order valence-electron chi connectivity index (χ4n) is 2.91. The lowest BCUT2D eigenvalue weighted by molar-refractivity contribution is 0.0930. The maximum Gasteiger partial charge on any atom is 0.258 e. The van der Waals surface area contributed by atoms with Crippen molar-refractivity contribution in [3.63, 3.8) is 0 Å². The second kappa shape index (κ2) is 9.03. The number of carbonyl (C=O) groups is 1. The summed E-state index contributed by atoms with van der Waals surface area (Å²) in [4.78, 5) is 21.6. The van der Waals surface area contributed by atoms with Crippen LogP contribution in [0.1, 0.15) is 76.0 Å². The van der Waals surface area contributed by atoms with Gasteiger partial charge >= 0.3 is 0 Å². The quantitative estimate of drug-likeness (QED) is 0.775. The summed E-state index contributed by atoms with van der Waals surface area (Å²) in [6, 6.07) is -0.466. The van der Waals surface area contributed by atoms with Gasteiger partial charge in [-0.1, -0.05) is 33.3 Å². The van der Waals surface area contributed by atoms with E-state index in [9.17, 15) is 13.2 Å². The van der Waals surface area contributed by atoms with E-state index in [1.807, 2.05) is 20.8 Å². The molecule has 1 aromatic heterocycles. The van der Waals surface area contributed by atoms with E-state index in [1.165, 1.54) is 18.7 Å². The summed E-state index contributed by atoms with van der Waals surface area (Å²) < 4.78 is 28.6. The molecule has 1 aliphatic rings. The monoisotopic (exact) mass is 409 g/mol. The molecule has 1 saturated carbocycles. The van der Waals surface area contributed by atoms with Crippen LogP contribution in [0.25, 0.3) is 0 Å².